The summed E-state index contributed by atoms with van der Waals surface area (Å²) >= 11 is 4.72. The van der Waals surface area contributed by atoms with E-state index in [1.54, 1.807) is 29.5 Å². The molecule has 112 valence electrons. The second kappa shape index (κ2) is 7.43. The molecule has 0 saturated carbocycles. The van der Waals surface area contributed by atoms with Crippen LogP contribution < -0.4 is 4.74 Å². The maximum absolute atomic E-state index is 12.3. The molecule has 1 heterocycles. The van der Waals surface area contributed by atoms with Gasteiger partial charge < -0.3 is 9.47 Å². The Kier molecular flexibility index (Phi) is 6.49. The summed E-state index contributed by atoms with van der Waals surface area (Å²) in [6.07, 6.45) is -4.89. The zero-order valence-corrected chi connectivity index (χ0v) is 14.0. The smallest absolute Gasteiger partial charge is 0.466 e. The molecule has 0 spiro atoms. The van der Waals surface area contributed by atoms with Gasteiger partial charge in [0.2, 0.25) is 0 Å². The van der Waals surface area contributed by atoms with Gasteiger partial charge in [0.25, 0.3) is 0 Å². The normalized spacial score (nSPS) is 11.3. The van der Waals surface area contributed by atoms with Gasteiger partial charge in [-0.1, -0.05) is 15.9 Å². The quantitative estimate of drug-likeness (QED) is 0.287. The Labute approximate surface area is 135 Å². The van der Waals surface area contributed by atoms with Crippen molar-refractivity contribution in [2.75, 3.05) is 6.61 Å². The number of carbonyl (C=O) groups is 1. The van der Waals surface area contributed by atoms with Crippen molar-refractivity contribution in [1.29, 1.82) is 0 Å². The van der Waals surface area contributed by atoms with E-state index in [4.69, 9.17) is 4.74 Å². The lowest BCUT2D eigenvalue weighted by Crippen LogP contribution is -2.20. The molecule has 0 aliphatic carbocycles. The predicted octanol–water partition coefficient (Wildman–Crippen LogP) is 3.59. The summed E-state index contributed by atoms with van der Waals surface area (Å²) in [5.41, 5.74) is 0.595. The van der Waals surface area contributed by atoms with Crippen LogP contribution in [0.1, 0.15) is 18.2 Å². The largest absolute Gasteiger partial charge is 0.573 e. The van der Waals surface area contributed by atoms with E-state index in [1.807, 2.05) is 0 Å². The van der Waals surface area contributed by atoms with Crippen LogP contribution in [0, 0.1) is 3.70 Å². The first-order valence-corrected chi connectivity index (χ1v) is 7.62. The third kappa shape index (κ3) is 5.43. The Morgan fingerprint density at radius 1 is 1.50 bits per heavy atom. The standard InChI is InChI=1S/C11H10BrF3INO3/c1-2-19-8(18)4-7-3-6(5-12)9(10(16)17-7)20-11(13,14)15/h3H,2,4-5H2,1H3. The Balaban J connectivity index is 3.04. The topological polar surface area (TPSA) is 48.4 Å². The number of alkyl halides is 4. The Bertz CT molecular complexity index is 497. The maximum Gasteiger partial charge on any atom is 0.573 e. The molecule has 1 rings (SSSR count). The minimum Gasteiger partial charge on any atom is -0.466 e. The number of hydrogen-bond acceptors (Lipinski definition) is 4. The summed E-state index contributed by atoms with van der Waals surface area (Å²) in [5, 5.41) is 0.146. The number of ether oxygens (including phenoxy) is 2. The van der Waals surface area contributed by atoms with Gasteiger partial charge in [0.1, 0.15) is 3.70 Å². The molecule has 1 aromatic rings. The Morgan fingerprint density at radius 3 is 2.65 bits per heavy atom. The molecule has 0 unspecified atom stereocenters. The van der Waals surface area contributed by atoms with Gasteiger partial charge in [-0.3, -0.25) is 4.79 Å². The lowest BCUT2D eigenvalue weighted by molar-refractivity contribution is -0.275. The molecule has 4 nitrogen and oxygen atoms in total. The summed E-state index contributed by atoms with van der Waals surface area (Å²) in [6.45, 7) is 1.90. The number of halogens is 5. The number of pyridine rings is 1. The monoisotopic (exact) mass is 467 g/mol. The first kappa shape index (κ1) is 17.5. The van der Waals surface area contributed by atoms with E-state index in [0.29, 0.717) is 5.69 Å². The fourth-order valence-corrected chi connectivity index (χ4v) is 2.56. The van der Waals surface area contributed by atoms with E-state index >= 15 is 0 Å². The summed E-state index contributed by atoms with van der Waals surface area (Å²) in [4.78, 5) is 15.3. The molecule has 0 fully saturated rings. The van der Waals surface area contributed by atoms with E-state index in [-0.39, 0.29) is 33.4 Å². The third-order valence-corrected chi connectivity index (χ3v) is 3.39. The number of aromatic nitrogens is 1. The molecule has 0 bridgehead atoms. The molecule has 0 atom stereocenters. The Morgan fingerprint density at radius 2 is 2.15 bits per heavy atom. The molecule has 0 amide bonds. The minimum atomic E-state index is -4.79. The van der Waals surface area contributed by atoms with Crippen molar-refractivity contribution in [3.63, 3.8) is 0 Å². The Hall–Kier alpha value is -0.580. The molecule has 0 N–H and O–H groups in total. The molecule has 0 radical (unpaired) electrons. The first-order chi connectivity index (χ1) is 9.26. The summed E-state index contributed by atoms with van der Waals surface area (Å²) in [7, 11) is 0. The van der Waals surface area contributed by atoms with Crippen molar-refractivity contribution in [3.8, 4) is 5.75 Å². The van der Waals surface area contributed by atoms with Gasteiger partial charge in [-0.05, 0) is 35.6 Å². The van der Waals surface area contributed by atoms with Gasteiger partial charge in [-0.15, -0.1) is 13.2 Å². The highest BCUT2D eigenvalue weighted by Crippen LogP contribution is 2.32. The zero-order chi connectivity index (χ0) is 15.3. The average Bonchev–Trinajstić information content (AvgIpc) is 2.31. The predicted molar refractivity (Wildman–Crippen MR) is 76.6 cm³/mol. The first-order valence-electron chi connectivity index (χ1n) is 5.42. The van der Waals surface area contributed by atoms with E-state index in [2.05, 4.69) is 25.7 Å². The van der Waals surface area contributed by atoms with Crippen LogP contribution in [0.2, 0.25) is 0 Å². The van der Waals surface area contributed by atoms with Gasteiger partial charge in [0.15, 0.2) is 5.75 Å². The molecule has 1 aromatic heterocycles. The fraction of sp³-hybridized carbons (Fsp3) is 0.455. The summed E-state index contributed by atoms with van der Waals surface area (Å²) in [5.74, 6) is -0.844. The van der Waals surface area contributed by atoms with Crippen LogP contribution in [0.5, 0.6) is 5.75 Å². The van der Waals surface area contributed by atoms with Crippen molar-refractivity contribution in [2.45, 2.75) is 25.0 Å². The van der Waals surface area contributed by atoms with Crippen LogP contribution in [0.4, 0.5) is 13.2 Å². The summed E-state index contributed by atoms with van der Waals surface area (Å²) < 4.78 is 45.7. The van der Waals surface area contributed by atoms with Crippen LogP contribution in [0.3, 0.4) is 0 Å². The highest BCUT2D eigenvalue weighted by molar-refractivity contribution is 14.1. The molecule has 20 heavy (non-hydrogen) atoms. The van der Waals surface area contributed by atoms with Gasteiger partial charge in [-0.2, -0.15) is 0 Å². The van der Waals surface area contributed by atoms with Crippen LogP contribution in [0.15, 0.2) is 6.07 Å². The number of nitrogens with zero attached hydrogens (tertiary/aromatic N) is 1. The number of esters is 1. The highest BCUT2D eigenvalue weighted by Gasteiger charge is 2.33. The van der Waals surface area contributed by atoms with Crippen molar-refractivity contribution in [3.05, 3.63) is 21.0 Å². The maximum atomic E-state index is 12.3. The van der Waals surface area contributed by atoms with Crippen molar-refractivity contribution in [1.82, 2.24) is 4.98 Å². The van der Waals surface area contributed by atoms with Crippen LogP contribution in [-0.2, 0) is 21.3 Å². The van der Waals surface area contributed by atoms with Crippen LogP contribution >= 0.6 is 38.5 Å². The van der Waals surface area contributed by atoms with Gasteiger partial charge >= 0.3 is 12.3 Å². The molecular formula is C11H10BrF3INO3. The molecule has 9 heteroatoms. The highest BCUT2D eigenvalue weighted by atomic mass is 127. The van der Waals surface area contributed by atoms with Gasteiger partial charge in [0, 0.05) is 10.9 Å². The van der Waals surface area contributed by atoms with Crippen molar-refractivity contribution < 1.29 is 27.4 Å². The fourth-order valence-electron chi connectivity index (χ4n) is 1.38. The van der Waals surface area contributed by atoms with E-state index in [9.17, 15) is 18.0 Å². The molecular weight excluding hydrogens is 458 g/mol. The van der Waals surface area contributed by atoms with Crippen LogP contribution in [0.25, 0.3) is 0 Å². The molecule has 0 saturated heterocycles. The molecule has 0 aromatic carbocycles. The van der Waals surface area contributed by atoms with Crippen molar-refractivity contribution in [2.24, 2.45) is 0 Å². The zero-order valence-electron chi connectivity index (χ0n) is 10.3. The lowest BCUT2D eigenvalue weighted by atomic mass is 10.2. The van der Waals surface area contributed by atoms with E-state index in [0.717, 1.165) is 0 Å². The molecule has 0 aliphatic rings. The third-order valence-electron chi connectivity index (χ3n) is 2.05. The second-order valence-corrected chi connectivity index (χ2v) is 5.14. The summed E-state index contributed by atoms with van der Waals surface area (Å²) in [6, 6.07) is 1.38. The number of rotatable bonds is 5. The van der Waals surface area contributed by atoms with Crippen LogP contribution in [-0.4, -0.2) is 23.9 Å². The number of hydrogen-bond donors (Lipinski definition) is 0. The molecule has 0 aliphatic heterocycles. The SMILES string of the molecule is CCOC(=O)Cc1cc(CBr)c(OC(F)(F)F)c(I)n1. The second-order valence-electron chi connectivity index (χ2n) is 3.56. The lowest BCUT2D eigenvalue weighted by Gasteiger charge is -2.14. The van der Waals surface area contributed by atoms with E-state index < -0.39 is 12.3 Å². The van der Waals surface area contributed by atoms with Crippen molar-refractivity contribution >= 4 is 44.5 Å². The van der Waals surface area contributed by atoms with Gasteiger partial charge in [0.05, 0.1) is 18.7 Å². The average molecular weight is 468 g/mol. The van der Waals surface area contributed by atoms with E-state index in [1.165, 1.54) is 6.07 Å². The van der Waals surface area contributed by atoms with Gasteiger partial charge in [-0.25, -0.2) is 4.98 Å². The minimum absolute atomic E-state index is 0.0381. The number of carbonyl (C=O) groups excluding carboxylic acids is 1.